The van der Waals surface area contributed by atoms with Crippen LogP contribution in [-0.2, 0) is 0 Å². The fourth-order valence-electron chi connectivity index (χ4n) is 2.14. The molecule has 17 heavy (non-hydrogen) atoms. The number of fused-ring (bicyclic) bond motifs is 1. The van der Waals surface area contributed by atoms with Gasteiger partial charge < -0.3 is 0 Å². The zero-order valence-electron chi connectivity index (χ0n) is 9.23. The molecule has 0 spiro atoms. The molecule has 0 aromatic heterocycles. The predicted molar refractivity (Wildman–Crippen MR) is 74.4 cm³/mol. The van der Waals surface area contributed by atoms with Crippen molar-refractivity contribution in [3.8, 4) is 11.1 Å². The molecule has 0 aliphatic rings. The second-order valence-electron chi connectivity index (χ2n) is 4.01. The lowest BCUT2D eigenvalue weighted by Crippen LogP contribution is -1.81. The molecule has 0 radical (unpaired) electrons. The molecule has 0 saturated carbocycles. The molecular formula is C16H11Cl. The van der Waals surface area contributed by atoms with Gasteiger partial charge in [0.2, 0.25) is 0 Å². The van der Waals surface area contributed by atoms with Gasteiger partial charge in [-0.25, -0.2) is 0 Å². The van der Waals surface area contributed by atoms with Crippen LogP contribution in [0, 0.1) is 0 Å². The van der Waals surface area contributed by atoms with Crippen LogP contribution in [0.4, 0.5) is 0 Å². The van der Waals surface area contributed by atoms with E-state index in [0.717, 1.165) is 10.4 Å². The highest BCUT2D eigenvalue weighted by Gasteiger charge is 2.04. The Morgan fingerprint density at radius 1 is 0.588 bits per heavy atom. The maximum absolute atomic E-state index is 6.22. The van der Waals surface area contributed by atoms with Gasteiger partial charge >= 0.3 is 0 Å². The van der Waals surface area contributed by atoms with Crippen LogP contribution in [0.1, 0.15) is 0 Å². The Kier molecular flexibility index (Phi) is 2.58. The van der Waals surface area contributed by atoms with Crippen molar-refractivity contribution in [2.75, 3.05) is 0 Å². The quantitative estimate of drug-likeness (QED) is 0.549. The topological polar surface area (TPSA) is 0 Å². The van der Waals surface area contributed by atoms with E-state index >= 15 is 0 Å². The van der Waals surface area contributed by atoms with E-state index in [0.29, 0.717) is 0 Å². The fourth-order valence-corrected chi connectivity index (χ4v) is 2.38. The van der Waals surface area contributed by atoms with Gasteiger partial charge in [0, 0.05) is 10.4 Å². The largest absolute Gasteiger partial charge is 0.0837 e. The zero-order chi connectivity index (χ0) is 11.7. The Morgan fingerprint density at radius 2 is 1.29 bits per heavy atom. The zero-order valence-corrected chi connectivity index (χ0v) is 9.98. The third-order valence-electron chi connectivity index (χ3n) is 2.95. The molecule has 0 bridgehead atoms. The van der Waals surface area contributed by atoms with Crippen molar-refractivity contribution in [3.63, 3.8) is 0 Å². The first-order chi connectivity index (χ1) is 8.36. The second-order valence-corrected chi connectivity index (χ2v) is 4.41. The van der Waals surface area contributed by atoms with Crippen molar-refractivity contribution >= 4 is 22.4 Å². The third kappa shape index (κ3) is 1.81. The van der Waals surface area contributed by atoms with E-state index in [-0.39, 0.29) is 0 Å². The van der Waals surface area contributed by atoms with Gasteiger partial charge in [-0.3, -0.25) is 0 Å². The first-order valence-corrected chi connectivity index (χ1v) is 5.97. The lowest BCUT2D eigenvalue weighted by atomic mass is 9.98. The Morgan fingerprint density at radius 3 is 2.12 bits per heavy atom. The summed E-state index contributed by atoms with van der Waals surface area (Å²) in [6.07, 6.45) is 0. The SMILES string of the molecule is Clc1cccc2c(-c3ccccc3)cccc12. The van der Waals surface area contributed by atoms with Crippen LogP contribution in [0.5, 0.6) is 0 Å². The van der Waals surface area contributed by atoms with Crippen molar-refractivity contribution in [1.29, 1.82) is 0 Å². The second kappa shape index (κ2) is 4.23. The van der Waals surface area contributed by atoms with Crippen LogP contribution in [0.25, 0.3) is 21.9 Å². The van der Waals surface area contributed by atoms with Gasteiger partial charge in [-0.05, 0) is 22.6 Å². The van der Waals surface area contributed by atoms with Crippen LogP contribution >= 0.6 is 11.6 Å². The number of halogens is 1. The van der Waals surface area contributed by atoms with Gasteiger partial charge in [-0.15, -0.1) is 0 Å². The summed E-state index contributed by atoms with van der Waals surface area (Å²) in [5, 5.41) is 3.11. The molecule has 0 aliphatic heterocycles. The van der Waals surface area contributed by atoms with Crippen molar-refractivity contribution < 1.29 is 0 Å². The lowest BCUT2D eigenvalue weighted by molar-refractivity contribution is 1.65. The van der Waals surface area contributed by atoms with E-state index in [4.69, 9.17) is 11.6 Å². The van der Waals surface area contributed by atoms with Crippen molar-refractivity contribution in [3.05, 3.63) is 71.8 Å². The Balaban J connectivity index is 2.35. The summed E-state index contributed by atoms with van der Waals surface area (Å²) in [7, 11) is 0. The van der Waals surface area contributed by atoms with Crippen molar-refractivity contribution in [2.24, 2.45) is 0 Å². The van der Waals surface area contributed by atoms with Crippen LogP contribution in [-0.4, -0.2) is 0 Å². The predicted octanol–water partition coefficient (Wildman–Crippen LogP) is 5.16. The summed E-state index contributed by atoms with van der Waals surface area (Å²) in [4.78, 5) is 0. The van der Waals surface area contributed by atoms with Gasteiger partial charge in [-0.1, -0.05) is 72.3 Å². The van der Waals surface area contributed by atoms with Crippen LogP contribution < -0.4 is 0 Å². The Labute approximate surface area is 105 Å². The highest BCUT2D eigenvalue weighted by atomic mass is 35.5. The number of benzene rings is 3. The summed E-state index contributed by atoms with van der Waals surface area (Å²) < 4.78 is 0. The van der Waals surface area contributed by atoms with E-state index in [1.54, 1.807) is 0 Å². The molecule has 0 fully saturated rings. The monoisotopic (exact) mass is 238 g/mol. The molecule has 0 nitrogen and oxygen atoms in total. The average molecular weight is 239 g/mol. The highest BCUT2D eigenvalue weighted by Crippen LogP contribution is 2.31. The fraction of sp³-hybridized carbons (Fsp3) is 0. The minimum absolute atomic E-state index is 0.806. The summed E-state index contributed by atoms with van der Waals surface area (Å²) >= 11 is 6.22. The molecule has 0 aliphatic carbocycles. The van der Waals surface area contributed by atoms with E-state index in [9.17, 15) is 0 Å². The first kappa shape index (κ1) is 10.4. The lowest BCUT2D eigenvalue weighted by Gasteiger charge is -2.07. The average Bonchev–Trinajstić information content (AvgIpc) is 2.40. The van der Waals surface area contributed by atoms with E-state index in [2.05, 4.69) is 48.5 Å². The van der Waals surface area contributed by atoms with Crippen molar-refractivity contribution in [2.45, 2.75) is 0 Å². The molecule has 0 N–H and O–H groups in total. The smallest absolute Gasteiger partial charge is 0.0484 e. The molecule has 82 valence electrons. The van der Waals surface area contributed by atoms with E-state index < -0.39 is 0 Å². The van der Waals surface area contributed by atoms with Crippen molar-refractivity contribution in [1.82, 2.24) is 0 Å². The number of hydrogen-bond donors (Lipinski definition) is 0. The minimum Gasteiger partial charge on any atom is -0.0837 e. The summed E-state index contributed by atoms with van der Waals surface area (Å²) in [6, 6.07) is 22.7. The summed E-state index contributed by atoms with van der Waals surface area (Å²) in [6.45, 7) is 0. The first-order valence-electron chi connectivity index (χ1n) is 5.59. The normalized spacial score (nSPS) is 10.6. The minimum atomic E-state index is 0.806. The number of rotatable bonds is 1. The Hall–Kier alpha value is -1.79. The van der Waals surface area contributed by atoms with E-state index in [1.165, 1.54) is 16.5 Å². The molecular weight excluding hydrogens is 228 g/mol. The molecule has 3 aromatic carbocycles. The van der Waals surface area contributed by atoms with Gasteiger partial charge in [0.15, 0.2) is 0 Å². The summed E-state index contributed by atoms with van der Waals surface area (Å²) in [5.74, 6) is 0. The Bertz CT molecular complexity index is 657. The summed E-state index contributed by atoms with van der Waals surface area (Å²) in [5.41, 5.74) is 2.45. The molecule has 3 aromatic rings. The molecule has 0 atom stereocenters. The van der Waals surface area contributed by atoms with Gasteiger partial charge in [0.25, 0.3) is 0 Å². The van der Waals surface area contributed by atoms with Crippen LogP contribution in [0.2, 0.25) is 5.02 Å². The molecule has 0 heterocycles. The maximum atomic E-state index is 6.22. The van der Waals surface area contributed by atoms with Gasteiger partial charge in [-0.2, -0.15) is 0 Å². The van der Waals surface area contributed by atoms with Crippen LogP contribution in [0.15, 0.2) is 66.7 Å². The van der Waals surface area contributed by atoms with Crippen LogP contribution in [0.3, 0.4) is 0 Å². The highest BCUT2D eigenvalue weighted by molar-refractivity contribution is 6.35. The van der Waals surface area contributed by atoms with Gasteiger partial charge in [0.05, 0.1) is 0 Å². The van der Waals surface area contributed by atoms with Gasteiger partial charge in [0.1, 0.15) is 0 Å². The molecule has 1 heteroatoms. The molecule has 0 saturated heterocycles. The van der Waals surface area contributed by atoms with E-state index in [1.807, 2.05) is 18.2 Å². The standard InChI is InChI=1S/C16H11Cl/c17-16-11-5-9-14-13(8-4-10-15(14)16)12-6-2-1-3-7-12/h1-11H. The maximum Gasteiger partial charge on any atom is 0.0484 e. The molecule has 0 unspecified atom stereocenters. The molecule has 0 amide bonds. The third-order valence-corrected chi connectivity index (χ3v) is 3.28. The molecule has 3 rings (SSSR count). The number of hydrogen-bond acceptors (Lipinski definition) is 0.